The van der Waals surface area contributed by atoms with Crippen LogP contribution in [-0.2, 0) is 17.9 Å². The van der Waals surface area contributed by atoms with Gasteiger partial charge in [0.25, 0.3) is 0 Å². The zero-order valence-corrected chi connectivity index (χ0v) is 26.3. The minimum absolute atomic E-state index is 0.0271. The number of rotatable bonds is 10. The van der Waals surface area contributed by atoms with Crippen molar-refractivity contribution >= 4 is 46.8 Å². The molecular formula is C32H37Cl2N7O3. The van der Waals surface area contributed by atoms with Gasteiger partial charge in [0.05, 0.1) is 17.8 Å². The summed E-state index contributed by atoms with van der Waals surface area (Å²) in [7, 11) is 0. The molecule has 1 aliphatic rings. The van der Waals surface area contributed by atoms with Crippen molar-refractivity contribution in [3.63, 3.8) is 0 Å². The van der Waals surface area contributed by atoms with Crippen LogP contribution in [0.25, 0.3) is 5.82 Å². The Morgan fingerprint density at radius 2 is 1.73 bits per heavy atom. The SMILES string of the molecule is CC1CCCCC1.Cc1cn(-c2cc(NCC(=O)NCc3ccc(Cl)cc3Cl)nc(NCc3ccc(C(=O)O)cc3)n2)cn1. The number of halogens is 2. The lowest BCUT2D eigenvalue weighted by molar-refractivity contribution is -0.119. The van der Waals surface area contributed by atoms with Crippen molar-refractivity contribution in [3.05, 3.63) is 93.5 Å². The number of aromatic carboxylic acids is 1. The Hall–Kier alpha value is -4.15. The highest BCUT2D eigenvalue weighted by Gasteiger charge is 2.11. The van der Waals surface area contributed by atoms with Gasteiger partial charge in [0.15, 0.2) is 0 Å². The molecule has 44 heavy (non-hydrogen) atoms. The van der Waals surface area contributed by atoms with E-state index in [1.165, 1.54) is 44.2 Å². The largest absolute Gasteiger partial charge is 0.478 e. The molecule has 232 valence electrons. The summed E-state index contributed by atoms with van der Waals surface area (Å²) in [6, 6.07) is 13.3. The summed E-state index contributed by atoms with van der Waals surface area (Å²) in [6.07, 6.45) is 10.9. The van der Waals surface area contributed by atoms with Gasteiger partial charge in [-0.05, 0) is 48.2 Å². The average Bonchev–Trinajstić information content (AvgIpc) is 3.45. The predicted molar refractivity (Wildman–Crippen MR) is 174 cm³/mol. The maximum Gasteiger partial charge on any atom is 0.335 e. The number of imidazole rings is 1. The second-order valence-electron chi connectivity index (χ2n) is 10.8. The van der Waals surface area contributed by atoms with Crippen molar-refractivity contribution in [3.8, 4) is 5.82 Å². The Morgan fingerprint density at radius 3 is 2.34 bits per heavy atom. The Morgan fingerprint density at radius 1 is 0.977 bits per heavy atom. The fourth-order valence-corrected chi connectivity index (χ4v) is 5.10. The number of carbonyl (C=O) groups is 2. The van der Waals surface area contributed by atoms with E-state index in [0.29, 0.717) is 34.2 Å². The molecule has 1 saturated carbocycles. The standard InChI is InChI=1S/C25H23Cl2N7O3.C7H14/c1-15-13-34(14-31-15)22-9-21(28-12-23(35)29-11-18-6-7-19(26)8-20(18)27)32-25(33-22)30-10-16-2-4-17(5-3-16)24(36)37;1-7-5-3-2-4-6-7/h2-9,13-14H,10-12H2,1H3,(H,29,35)(H,36,37)(H2,28,30,32,33);7H,2-6H2,1H3. The number of nitrogens with one attached hydrogen (secondary N) is 3. The van der Waals surface area contributed by atoms with Crippen molar-refractivity contribution in [2.75, 3.05) is 17.2 Å². The van der Waals surface area contributed by atoms with Crippen LogP contribution in [0.2, 0.25) is 10.0 Å². The van der Waals surface area contributed by atoms with Gasteiger partial charge in [-0.2, -0.15) is 9.97 Å². The molecule has 12 heteroatoms. The Kier molecular flexibility index (Phi) is 12.0. The molecule has 0 atom stereocenters. The number of hydrogen-bond donors (Lipinski definition) is 4. The van der Waals surface area contributed by atoms with E-state index >= 15 is 0 Å². The molecule has 0 aliphatic heterocycles. The smallest absolute Gasteiger partial charge is 0.335 e. The highest BCUT2D eigenvalue weighted by atomic mass is 35.5. The van der Waals surface area contributed by atoms with Crippen molar-refractivity contribution in [2.24, 2.45) is 5.92 Å². The molecular weight excluding hydrogens is 601 g/mol. The van der Waals surface area contributed by atoms with Gasteiger partial charge in [-0.3, -0.25) is 9.36 Å². The molecule has 0 radical (unpaired) electrons. The van der Waals surface area contributed by atoms with Gasteiger partial charge in [-0.15, -0.1) is 0 Å². The van der Waals surface area contributed by atoms with Crippen molar-refractivity contribution in [1.29, 1.82) is 0 Å². The molecule has 1 amide bonds. The zero-order valence-electron chi connectivity index (χ0n) is 24.8. The van der Waals surface area contributed by atoms with E-state index in [9.17, 15) is 9.59 Å². The van der Waals surface area contributed by atoms with E-state index in [4.69, 9.17) is 28.3 Å². The van der Waals surface area contributed by atoms with Crippen LogP contribution in [-0.4, -0.2) is 43.0 Å². The van der Waals surface area contributed by atoms with Crippen LogP contribution in [0.3, 0.4) is 0 Å². The number of amides is 1. The van der Waals surface area contributed by atoms with Gasteiger partial charge in [-0.25, -0.2) is 9.78 Å². The number of aromatic nitrogens is 4. The summed E-state index contributed by atoms with van der Waals surface area (Å²) in [5.74, 6) is 1.10. The summed E-state index contributed by atoms with van der Waals surface area (Å²) >= 11 is 12.1. The number of carboxylic acids is 1. The highest BCUT2D eigenvalue weighted by Crippen LogP contribution is 2.22. The van der Waals surface area contributed by atoms with Gasteiger partial charge >= 0.3 is 5.97 Å². The van der Waals surface area contributed by atoms with Crippen LogP contribution in [0, 0.1) is 12.8 Å². The normalized spacial score (nSPS) is 13.0. The lowest BCUT2D eigenvalue weighted by Gasteiger charge is -2.15. The van der Waals surface area contributed by atoms with Gasteiger partial charge < -0.3 is 21.1 Å². The third kappa shape index (κ3) is 10.2. The average molecular weight is 639 g/mol. The molecule has 0 saturated heterocycles. The number of carbonyl (C=O) groups excluding carboxylic acids is 1. The third-order valence-corrected chi connectivity index (χ3v) is 7.74. The van der Waals surface area contributed by atoms with E-state index in [1.54, 1.807) is 47.3 Å². The number of nitrogens with zero attached hydrogens (tertiary/aromatic N) is 4. The van der Waals surface area contributed by atoms with Gasteiger partial charge in [0.1, 0.15) is 18.0 Å². The Labute approximate surface area is 267 Å². The van der Waals surface area contributed by atoms with E-state index in [1.807, 2.05) is 13.1 Å². The molecule has 4 aromatic rings. The quantitative estimate of drug-likeness (QED) is 0.147. The summed E-state index contributed by atoms with van der Waals surface area (Å²) in [5.41, 5.74) is 2.64. The van der Waals surface area contributed by atoms with E-state index in [2.05, 4.69) is 37.8 Å². The van der Waals surface area contributed by atoms with Gasteiger partial charge in [-0.1, -0.05) is 80.4 Å². The van der Waals surface area contributed by atoms with Crippen LogP contribution in [0.4, 0.5) is 11.8 Å². The molecule has 0 unspecified atom stereocenters. The van der Waals surface area contributed by atoms with E-state index in [0.717, 1.165) is 22.7 Å². The molecule has 0 spiro atoms. The summed E-state index contributed by atoms with van der Waals surface area (Å²) < 4.78 is 1.75. The van der Waals surface area contributed by atoms with Crippen molar-refractivity contribution in [1.82, 2.24) is 24.8 Å². The molecule has 5 rings (SSSR count). The highest BCUT2D eigenvalue weighted by molar-refractivity contribution is 6.35. The van der Waals surface area contributed by atoms with Gasteiger partial charge in [0.2, 0.25) is 11.9 Å². The fraction of sp³-hybridized carbons (Fsp3) is 0.344. The van der Waals surface area contributed by atoms with Crippen molar-refractivity contribution < 1.29 is 14.7 Å². The second kappa shape index (κ2) is 16.1. The molecule has 0 bridgehead atoms. The number of hydrogen-bond acceptors (Lipinski definition) is 7. The molecule has 2 aromatic heterocycles. The monoisotopic (exact) mass is 637 g/mol. The molecule has 2 aromatic carbocycles. The minimum atomic E-state index is -0.984. The summed E-state index contributed by atoms with van der Waals surface area (Å²) in [5, 5.41) is 19.0. The summed E-state index contributed by atoms with van der Waals surface area (Å²) in [4.78, 5) is 36.7. The number of aryl methyl sites for hydroxylation is 1. The van der Waals surface area contributed by atoms with Crippen LogP contribution < -0.4 is 16.0 Å². The first-order chi connectivity index (χ1) is 21.2. The predicted octanol–water partition coefficient (Wildman–Crippen LogP) is 6.90. The van der Waals surface area contributed by atoms with Crippen molar-refractivity contribution in [2.45, 2.75) is 59.0 Å². The van der Waals surface area contributed by atoms with E-state index < -0.39 is 5.97 Å². The third-order valence-electron chi connectivity index (χ3n) is 7.16. The van der Waals surface area contributed by atoms with Crippen LogP contribution in [0.5, 0.6) is 0 Å². The Balaban J connectivity index is 0.000000555. The first-order valence-electron chi connectivity index (χ1n) is 14.6. The lowest BCUT2D eigenvalue weighted by atomic mass is 9.91. The fourth-order valence-electron chi connectivity index (χ4n) is 4.63. The molecule has 1 fully saturated rings. The molecule has 4 N–H and O–H groups in total. The molecule has 10 nitrogen and oxygen atoms in total. The molecule has 2 heterocycles. The van der Waals surface area contributed by atoms with Crippen LogP contribution in [0.1, 0.15) is 66.2 Å². The molecule has 1 aliphatic carbocycles. The Bertz CT molecular complexity index is 1550. The maximum absolute atomic E-state index is 12.4. The first-order valence-corrected chi connectivity index (χ1v) is 15.3. The summed E-state index contributed by atoms with van der Waals surface area (Å²) in [6.45, 7) is 4.83. The number of anilines is 2. The minimum Gasteiger partial charge on any atom is -0.478 e. The van der Waals surface area contributed by atoms with E-state index in [-0.39, 0.29) is 24.6 Å². The second-order valence-corrected chi connectivity index (χ2v) is 11.7. The lowest BCUT2D eigenvalue weighted by Crippen LogP contribution is -2.29. The first kappa shape index (κ1) is 32.8. The van der Waals surface area contributed by atoms with Crippen LogP contribution >= 0.6 is 23.2 Å². The van der Waals surface area contributed by atoms with Crippen LogP contribution in [0.15, 0.2) is 61.1 Å². The number of carboxylic acid groups (broad SMARTS) is 1. The zero-order chi connectivity index (χ0) is 31.5. The maximum atomic E-state index is 12.4. The topological polar surface area (TPSA) is 134 Å². The van der Waals surface area contributed by atoms with Gasteiger partial charge in [0, 0.05) is 35.4 Å². The number of benzene rings is 2.